The molecular formula is C21H19Cl. The SMILES string of the molecule is Cc1cccc(C(c2ccccc2)c2ccc(Cl)cc2)c1C. The summed E-state index contributed by atoms with van der Waals surface area (Å²) in [5.41, 5.74) is 6.61. The molecule has 0 heterocycles. The van der Waals surface area contributed by atoms with Crippen molar-refractivity contribution in [3.05, 3.63) is 106 Å². The summed E-state index contributed by atoms with van der Waals surface area (Å²) >= 11 is 6.06. The van der Waals surface area contributed by atoms with Crippen molar-refractivity contribution in [1.29, 1.82) is 0 Å². The first-order chi connectivity index (χ1) is 10.7. The standard InChI is InChI=1S/C21H19Cl/c1-15-7-6-10-20(16(15)2)21(17-8-4-3-5-9-17)18-11-13-19(22)14-12-18/h3-14,21H,1-2H3. The van der Waals surface area contributed by atoms with Gasteiger partial charge < -0.3 is 0 Å². The number of benzene rings is 3. The Bertz CT molecular complexity index is 758. The largest absolute Gasteiger partial charge is 0.0843 e. The molecule has 3 aromatic carbocycles. The molecule has 0 aromatic heterocycles. The molecule has 0 saturated carbocycles. The van der Waals surface area contributed by atoms with E-state index < -0.39 is 0 Å². The highest BCUT2D eigenvalue weighted by atomic mass is 35.5. The van der Waals surface area contributed by atoms with E-state index >= 15 is 0 Å². The van der Waals surface area contributed by atoms with Crippen molar-refractivity contribution in [3.8, 4) is 0 Å². The summed E-state index contributed by atoms with van der Waals surface area (Å²) in [4.78, 5) is 0. The van der Waals surface area contributed by atoms with Gasteiger partial charge in [0.25, 0.3) is 0 Å². The van der Waals surface area contributed by atoms with Gasteiger partial charge in [-0.25, -0.2) is 0 Å². The minimum atomic E-state index is 0.235. The van der Waals surface area contributed by atoms with Gasteiger partial charge in [-0.2, -0.15) is 0 Å². The molecule has 1 unspecified atom stereocenters. The van der Waals surface area contributed by atoms with E-state index in [1.54, 1.807) is 0 Å². The Morgan fingerprint density at radius 2 is 1.32 bits per heavy atom. The molecule has 3 rings (SSSR count). The van der Waals surface area contributed by atoms with Crippen LogP contribution in [0.2, 0.25) is 5.02 Å². The third-order valence-corrected chi connectivity index (χ3v) is 4.55. The van der Waals surface area contributed by atoms with Gasteiger partial charge in [0.2, 0.25) is 0 Å². The fourth-order valence-corrected chi connectivity index (χ4v) is 3.06. The molecule has 110 valence electrons. The van der Waals surface area contributed by atoms with E-state index in [1.807, 2.05) is 12.1 Å². The minimum Gasteiger partial charge on any atom is -0.0843 e. The zero-order valence-electron chi connectivity index (χ0n) is 12.9. The minimum absolute atomic E-state index is 0.235. The zero-order chi connectivity index (χ0) is 15.5. The van der Waals surface area contributed by atoms with E-state index in [4.69, 9.17) is 11.6 Å². The van der Waals surface area contributed by atoms with Crippen LogP contribution in [0.15, 0.2) is 72.8 Å². The Labute approximate surface area is 137 Å². The van der Waals surface area contributed by atoms with Crippen molar-refractivity contribution in [2.45, 2.75) is 19.8 Å². The Balaban J connectivity index is 2.19. The summed E-state index contributed by atoms with van der Waals surface area (Å²) in [5, 5.41) is 0.775. The lowest BCUT2D eigenvalue weighted by atomic mass is 9.82. The average Bonchev–Trinajstić information content (AvgIpc) is 2.54. The average molecular weight is 307 g/mol. The van der Waals surface area contributed by atoms with E-state index in [9.17, 15) is 0 Å². The third-order valence-electron chi connectivity index (χ3n) is 4.29. The second-order valence-corrected chi connectivity index (χ2v) is 6.12. The van der Waals surface area contributed by atoms with E-state index in [1.165, 1.54) is 27.8 Å². The molecule has 0 N–H and O–H groups in total. The zero-order valence-corrected chi connectivity index (χ0v) is 13.6. The van der Waals surface area contributed by atoms with Crippen LogP contribution in [0.1, 0.15) is 33.7 Å². The van der Waals surface area contributed by atoms with Crippen LogP contribution in [0.4, 0.5) is 0 Å². The molecule has 0 aliphatic rings. The number of hydrogen-bond acceptors (Lipinski definition) is 0. The van der Waals surface area contributed by atoms with Crippen molar-refractivity contribution in [2.75, 3.05) is 0 Å². The number of rotatable bonds is 3. The molecular weight excluding hydrogens is 288 g/mol. The molecule has 0 bridgehead atoms. The van der Waals surface area contributed by atoms with Crippen LogP contribution in [0.25, 0.3) is 0 Å². The molecule has 0 nitrogen and oxygen atoms in total. The number of halogens is 1. The van der Waals surface area contributed by atoms with Crippen LogP contribution in [0, 0.1) is 13.8 Å². The monoisotopic (exact) mass is 306 g/mol. The third kappa shape index (κ3) is 2.93. The highest BCUT2D eigenvalue weighted by molar-refractivity contribution is 6.30. The summed E-state index contributed by atoms with van der Waals surface area (Å²) in [7, 11) is 0. The molecule has 0 saturated heterocycles. The quantitative estimate of drug-likeness (QED) is 0.510. The predicted molar refractivity (Wildman–Crippen MR) is 94.8 cm³/mol. The Morgan fingerprint density at radius 3 is 2.00 bits per heavy atom. The van der Waals surface area contributed by atoms with Gasteiger partial charge in [-0.05, 0) is 53.8 Å². The lowest BCUT2D eigenvalue weighted by Crippen LogP contribution is -2.06. The van der Waals surface area contributed by atoms with Gasteiger partial charge in [0, 0.05) is 10.9 Å². The second-order valence-electron chi connectivity index (χ2n) is 5.68. The highest BCUT2D eigenvalue weighted by Gasteiger charge is 2.18. The topological polar surface area (TPSA) is 0 Å². The normalized spacial score (nSPS) is 12.1. The van der Waals surface area contributed by atoms with Gasteiger partial charge in [-0.3, -0.25) is 0 Å². The summed E-state index contributed by atoms with van der Waals surface area (Å²) < 4.78 is 0. The van der Waals surface area contributed by atoms with Gasteiger partial charge in [0.15, 0.2) is 0 Å². The van der Waals surface area contributed by atoms with Crippen molar-refractivity contribution in [2.24, 2.45) is 0 Å². The maximum Gasteiger partial charge on any atom is 0.0406 e. The van der Waals surface area contributed by atoms with Crippen LogP contribution in [0.3, 0.4) is 0 Å². The van der Waals surface area contributed by atoms with Gasteiger partial charge in [0.1, 0.15) is 0 Å². The van der Waals surface area contributed by atoms with Crippen molar-refractivity contribution < 1.29 is 0 Å². The molecule has 1 heteroatoms. The molecule has 0 spiro atoms. The van der Waals surface area contributed by atoms with Gasteiger partial charge >= 0.3 is 0 Å². The molecule has 0 aliphatic carbocycles. The van der Waals surface area contributed by atoms with Crippen LogP contribution >= 0.6 is 11.6 Å². The second kappa shape index (κ2) is 6.37. The Kier molecular flexibility index (Phi) is 4.31. The van der Waals surface area contributed by atoms with Crippen molar-refractivity contribution in [1.82, 2.24) is 0 Å². The van der Waals surface area contributed by atoms with Crippen molar-refractivity contribution >= 4 is 11.6 Å². The van der Waals surface area contributed by atoms with E-state index in [2.05, 4.69) is 74.5 Å². The molecule has 0 aliphatic heterocycles. The van der Waals surface area contributed by atoms with Crippen molar-refractivity contribution in [3.63, 3.8) is 0 Å². The smallest absolute Gasteiger partial charge is 0.0406 e. The lowest BCUT2D eigenvalue weighted by molar-refractivity contribution is 0.957. The number of hydrogen-bond donors (Lipinski definition) is 0. The molecule has 0 fully saturated rings. The lowest BCUT2D eigenvalue weighted by Gasteiger charge is -2.22. The Morgan fingerprint density at radius 1 is 0.682 bits per heavy atom. The summed E-state index contributed by atoms with van der Waals surface area (Å²) in [6.07, 6.45) is 0. The summed E-state index contributed by atoms with van der Waals surface area (Å²) in [6.45, 7) is 4.37. The molecule has 22 heavy (non-hydrogen) atoms. The molecule has 0 amide bonds. The first kappa shape index (κ1) is 14.9. The molecule has 0 radical (unpaired) electrons. The maximum atomic E-state index is 6.06. The van der Waals surface area contributed by atoms with E-state index in [0.717, 1.165) is 5.02 Å². The number of aryl methyl sites for hydroxylation is 1. The van der Waals surface area contributed by atoms with Crippen LogP contribution in [0.5, 0.6) is 0 Å². The summed E-state index contributed by atoms with van der Waals surface area (Å²) in [6, 6.07) is 25.4. The van der Waals surface area contributed by atoms with Crippen LogP contribution < -0.4 is 0 Å². The fourth-order valence-electron chi connectivity index (χ4n) is 2.94. The maximum absolute atomic E-state index is 6.06. The highest BCUT2D eigenvalue weighted by Crippen LogP contribution is 2.35. The first-order valence-corrected chi connectivity index (χ1v) is 7.91. The van der Waals surface area contributed by atoms with Gasteiger partial charge in [-0.15, -0.1) is 0 Å². The van der Waals surface area contributed by atoms with E-state index in [0.29, 0.717) is 0 Å². The summed E-state index contributed by atoms with van der Waals surface area (Å²) in [5.74, 6) is 0.235. The van der Waals surface area contributed by atoms with E-state index in [-0.39, 0.29) is 5.92 Å². The van der Waals surface area contributed by atoms with Crippen LogP contribution in [-0.2, 0) is 0 Å². The van der Waals surface area contributed by atoms with Gasteiger partial charge in [0.05, 0.1) is 0 Å². The van der Waals surface area contributed by atoms with Gasteiger partial charge in [-0.1, -0.05) is 72.3 Å². The molecule has 3 aromatic rings. The van der Waals surface area contributed by atoms with Crippen LogP contribution in [-0.4, -0.2) is 0 Å². The Hall–Kier alpha value is -2.05. The fraction of sp³-hybridized carbons (Fsp3) is 0.143. The predicted octanol–water partition coefficient (Wildman–Crippen LogP) is 6.14. The first-order valence-electron chi connectivity index (χ1n) is 7.53. The molecule has 1 atom stereocenters.